The fourth-order valence-electron chi connectivity index (χ4n) is 1.82. The number of hydrogen-bond acceptors (Lipinski definition) is 4. The SMILES string of the molecule is Nc1cc(Nc2nc(-c3ccccc3)cs2)ccc1Cl. The van der Waals surface area contributed by atoms with E-state index in [4.69, 9.17) is 17.3 Å². The summed E-state index contributed by atoms with van der Waals surface area (Å²) in [6, 6.07) is 15.5. The molecule has 0 amide bonds. The third-order valence-corrected chi connectivity index (χ3v) is 3.92. The molecule has 2 aromatic carbocycles. The minimum absolute atomic E-state index is 0.552. The highest BCUT2D eigenvalue weighted by molar-refractivity contribution is 7.14. The zero-order valence-electron chi connectivity index (χ0n) is 10.5. The number of aromatic nitrogens is 1. The van der Waals surface area contributed by atoms with Gasteiger partial charge in [0.1, 0.15) is 0 Å². The molecule has 0 unspecified atom stereocenters. The summed E-state index contributed by atoms with van der Waals surface area (Å²) in [6.45, 7) is 0. The number of nitrogen functional groups attached to an aromatic ring is 1. The van der Waals surface area contributed by atoms with Gasteiger partial charge >= 0.3 is 0 Å². The van der Waals surface area contributed by atoms with Crippen LogP contribution in [-0.4, -0.2) is 4.98 Å². The fraction of sp³-hybridized carbons (Fsp3) is 0. The lowest BCUT2D eigenvalue weighted by atomic mass is 10.2. The monoisotopic (exact) mass is 301 g/mol. The molecule has 20 heavy (non-hydrogen) atoms. The van der Waals surface area contributed by atoms with Crippen molar-refractivity contribution in [2.45, 2.75) is 0 Å². The highest BCUT2D eigenvalue weighted by Gasteiger charge is 2.05. The Labute approximate surface area is 126 Å². The Kier molecular flexibility index (Phi) is 3.58. The van der Waals surface area contributed by atoms with E-state index < -0.39 is 0 Å². The van der Waals surface area contributed by atoms with Crippen molar-refractivity contribution < 1.29 is 0 Å². The van der Waals surface area contributed by atoms with Gasteiger partial charge in [0.15, 0.2) is 5.13 Å². The van der Waals surface area contributed by atoms with Crippen LogP contribution in [0.1, 0.15) is 0 Å². The summed E-state index contributed by atoms with van der Waals surface area (Å²) in [6.07, 6.45) is 0. The predicted octanol–water partition coefficient (Wildman–Crippen LogP) is 4.79. The maximum atomic E-state index is 5.90. The van der Waals surface area contributed by atoms with Crippen LogP contribution in [0.4, 0.5) is 16.5 Å². The zero-order valence-corrected chi connectivity index (χ0v) is 12.1. The molecule has 1 heterocycles. The normalized spacial score (nSPS) is 10.4. The van der Waals surface area contributed by atoms with Crippen molar-refractivity contribution in [3.8, 4) is 11.3 Å². The van der Waals surface area contributed by atoms with E-state index in [1.54, 1.807) is 23.5 Å². The minimum atomic E-state index is 0.552. The first-order valence-corrected chi connectivity index (χ1v) is 7.31. The van der Waals surface area contributed by atoms with Crippen molar-refractivity contribution >= 4 is 39.4 Å². The van der Waals surface area contributed by atoms with Crippen molar-refractivity contribution in [3.05, 3.63) is 58.9 Å². The molecule has 0 saturated heterocycles. The van der Waals surface area contributed by atoms with Gasteiger partial charge in [0.25, 0.3) is 0 Å². The average molecular weight is 302 g/mol. The number of benzene rings is 2. The van der Waals surface area contributed by atoms with Crippen LogP contribution >= 0.6 is 22.9 Å². The Bertz CT molecular complexity index is 725. The predicted molar refractivity (Wildman–Crippen MR) is 86.7 cm³/mol. The average Bonchev–Trinajstić information content (AvgIpc) is 2.92. The van der Waals surface area contributed by atoms with Crippen LogP contribution in [0.5, 0.6) is 0 Å². The maximum Gasteiger partial charge on any atom is 0.187 e. The van der Waals surface area contributed by atoms with E-state index in [0.717, 1.165) is 22.1 Å². The van der Waals surface area contributed by atoms with Gasteiger partial charge in [-0.15, -0.1) is 11.3 Å². The van der Waals surface area contributed by atoms with Crippen molar-refractivity contribution in [1.82, 2.24) is 4.98 Å². The van der Waals surface area contributed by atoms with Crippen LogP contribution in [0.3, 0.4) is 0 Å². The molecule has 3 nitrogen and oxygen atoms in total. The number of nitrogens with one attached hydrogen (secondary N) is 1. The van der Waals surface area contributed by atoms with Crippen LogP contribution in [0.25, 0.3) is 11.3 Å². The van der Waals surface area contributed by atoms with Gasteiger partial charge in [-0.05, 0) is 18.2 Å². The smallest absolute Gasteiger partial charge is 0.187 e. The number of nitrogens with zero attached hydrogens (tertiary/aromatic N) is 1. The van der Waals surface area contributed by atoms with Gasteiger partial charge in [-0.3, -0.25) is 0 Å². The first-order valence-electron chi connectivity index (χ1n) is 6.05. The summed E-state index contributed by atoms with van der Waals surface area (Å²) in [4.78, 5) is 4.56. The quantitative estimate of drug-likeness (QED) is 0.684. The first-order chi connectivity index (χ1) is 9.72. The Balaban J connectivity index is 1.82. The van der Waals surface area contributed by atoms with E-state index >= 15 is 0 Å². The number of halogens is 1. The van der Waals surface area contributed by atoms with E-state index in [-0.39, 0.29) is 0 Å². The highest BCUT2D eigenvalue weighted by Crippen LogP contribution is 2.29. The van der Waals surface area contributed by atoms with E-state index in [9.17, 15) is 0 Å². The van der Waals surface area contributed by atoms with E-state index in [1.807, 2.05) is 41.8 Å². The van der Waals surface area contributed by atoms with E-state index in [0.29, 0.717) is 10.7 Å². The molecule has 0 radical (unpaired) electrons. The molecule has 5 heteroatoms. The van der Waals surface area contributed by atoms with E-state index in [1.165, 1.54) is 0 Å². The second-order valence-corrected chi connectivity index (χ2v) is 5.53. The molecular weight excluding hydrogens is 290 g/mol. The molecule has 0 aliphatic heterocycles. The number of nitrogens with two attached hydrogens (primary N) is 1. The van der Waals surface area contributed by atoms with Crippen LogP contribution in [-0.2, 0) is 0 Å². The van der Waals surface area contributed by atoms with Gasteiger partial charge in [-0.1, -0.05) is 41.9 Å². The van der Waals surface area contributed by atoms with Crippen molar-refractivity contribution in [2.24, 2.45) is 0 Å². The van der Waals surface area contributed by atoms with Crippen LogP contribution in [0, 0.1) is 0 Å². The summed E-state index contributed by atoms with van der Waals surface area (Å²) >= 11 is 7.46. The van der Waals surface area contributed by atoms with Gasteiger partial charge in [-0.2, -0.15) is 0 Å². The summed E-state index contributed by atoms with van der Waals surface area (Å²) in [7, 11) is 0. The first kappa shape index (κ1) is 13.0. The molecule has 0 aliphatic rings. The molecule has 0 bridgehead atoms. The van der Waals surface area contributed by atoms with Crippen molar-refractivity contribution in [2.75, 3.05) is 11.1 Å². The minimum Gasteiger partial charge on any atom is -0.397 e. The molecule has 100 valence electrons. The van der Waals surface area contributed by atoms with Gasteiger partial charge in [-0.25, -0.2) is 4.98 Å². The van der Waals surface area contributed by atoms with Gasteiger partial charge in [0, 0.05) is 16.6 Å². The lowest BCUT2D eigenvalue weighted by Gasteiger charge is -2.04. The van der Waals surface area contributed by atoms with Crippen LogP contribution in [0.2, 0.25) is 5.02 Å². The molecule has 3 rings (SSSR count). The van der Waals surface area contributed by atoms with Crippen molar-refractivity contribution in [1.29, 1.82) is 0 Å². The molecule has 0 aliphatic carbocycles. The molecule has 1 aromatic heterocycles. The molecule has 3 aromatic rings. The molecule has 0 saturated carbocycles. The number of thiazole rings is 1. The standard InChI is InChI=1S/C15H12ClN3S/c16-12-7-6-11(8-13(12)17)18-15-19-14(9-20-15)10-4-2-1-3-5-10/h1-9H,17H2,(H,18,19). The Hall–Kier alpha value is -2.04. The molecule has 0 spiro atoms. The van der Waals surface area contributed by atoms with Gasteiger partial charge in [0.05, 0.1) is 16.4 Å². The summed E-state index contributed by atoms with van der Waals surface area (Å²) < 4.78 is 0. The number of hydrogen-bond donors (Lipinski definition) is 2. The second kappa shape index (κ2) is 5.53. The Morgan fingerprint density at radius 3 is 2.65 bits per heavy atom. The van der Waals surface area contributed by atoms with Crippen molar-refractivity contribution in [3.63, 3.8) is 0 Å². The lowest BCUT2D eigenvalue weighted by Crippen LogP contribution is -1.92. The van der Waals surface area contributed by atoms with E-state index in [2.05, 4.69) is 10.3 Å². The van der Waals surface area contributed by atoms with Crippen LogP contribution in [0.15, 0.2) is 53.9 Å². The number of anilines is 3. The molecule has 0 fully saturated rings. The number of rotatable bonds is 3. The maximum absolute atomic E-state index is 5.90. The van der Waals surface area contributed by atoms with Gasteiger partial charge < -0.3 is 11.1 Å². The molecule has 3 N–H and O–H groups in total. The third kappa shape index (κ3) is 2.76. The fourth-order valence-corrected chi connectivity index (χ4v) is 2.68. The topological polar surface area (TPSA) is 50.9 Å². The molecule has 0 atom stereocenters. The second-order valence-electron chi connectivity index (χ2n) is 4.27. The largest absolute Gasteiger partial charge is 0.397 e. The third-order valence-electron chi connectivity index (χ3n) is 2.82. The van der Waals surface area contributed by atoms with Gasteiger partial charge in [0.2, 0.25) is 0 Å². The zero-order chi connectivity index (χ0) is 13.9. The summed E-state index contributed by atoms with van der Waals surface area (Å²) in [5, 5.41) is 6.64. The summed E-state index contributed by atoms with van der Waals surface area (Å²) in [5.74, 6) is 0. The molecular formula is C15H12ClN3S. The van der Waals surface area contributed by atoms with Crippen LogP contribution < -0.4 is 11.1 Å². The lowest BCUT2D eigenvalue weighted by molar-refractivity contribution is 1.38. The summed E-state index contributed by atoms with van der Waals surface area (Å²) in [5.41, 5.74) is 9.27. The Morgan fingerprint density at radius 2 is 1.90 bits per heavy atom. The highest BCUT2D eigenvalue weighted by atomic mass is 35.5. The Morgan fingerprint density at radius 1 is 1.10 bits per heavy atom.